The van der Waals surface area contributed by atoms with E-state index in [1.807, 2.05) is 0 Å². The molecule has 2 aromatic carbocycles. The van der Waals surface area contributed by atoms with E-state index in [0.717, 1.165) is 11.8 Å². The number of aryl methyl sites for hydroxylation is 1. The number of sulfonamides is 1. The first-order valence-electron chi connectivity index (χ1n) is 10.1. The van der Waals surface area contributed by atoms with Gasteiger partial charge in [-0.2, -0.15) is 0 Å². The van der Waals surface area contributed by atoms with Crippen molar-refractivity contribution in [1.29, 1.82) is 0 Å². The van der Waals surface area contributed by atoms with Crippen molar-refractivity contribution < 1.29 is 32.2 Å². The molecule has 0 aromatic heterocycles. The molecule has 0 fully saturated rings. The molecule has 0 aliphatic carbocycles. The summed E-state index contributed by atoms with van der Waals surface area (Å²) in [4.78, 5) is 25.1. The molecule has 2 heterocycles. The molecular weight excluding hydrogens is 458 g/mol. The Kier molecular flexibility index (Phi) is 6.30. The Labute approximate surface area is 191 Å². The number of esters is 1. The summed E-state index contributed by atoms with van der Waals surface area (Å²) in [5.74, 6) is -0.359. The van der Waals surface area contributed by atoms with Gasteiger partial charge in [-0.25, -0.2) is 13.2 Å². The highest BCUT2D eigenvalue weighted by molar-refractivity contribution is 7.92. The fourth-order valence-electron chi connectivity index (χ4n) is 3.73. The molecule has 32 heavy (non-hydrogen) atoms. The molecule has 0 saturated carbocycles. The zero-order chi connectivity index (χ0) is 22.9. The third-order valence-electron chi connectivity index (χ3n) is 5.25. The van der Waals surface area contributed by atoms with Gasteiger partial charge in [-0.3, -0.25) is 9.10 Å². The lowest BCUT2D eigenvalue weighted by atomic mass is 9.99. The summed E-state index contributed by atoms with van der Waals surface area (Å²) in [7, 11) is -3.39. The van der Waals surface area contributed by atoms with Gasteiger partial charge in [0.1, 0.15) is 0 Å². The molecule has 2 aliphatic rings. The Morgan fingerprint density at radius 1 is 1.09 bits per heavy atom. The fourth-order valence-corrected chi connectivity index (χ4v) is 4.99. The summed E-state index contributed by atoms with van der Waals surface area (Å²) in [5, 5.41) is 0.229. The van der Waals surface area contributed by atoms with Crippen LogP contribution in [0.25, 0.3) is 0 Å². The van der Waals surface area contributed by atoms with E-state index in [-0.39, 0.29) is 10.6 Å². The summed E-state index contributed by atoms with van der Waals surface area (Å²) in [6, 6.07) is 7.73. The van der Waals surface area contributed by atoms with Crippen LogP contribution in [0.4, 0.5) is 5.69 Å². The predicted octanol–water partition coefficient (Wildman–Crippen LogP) is 3.25. The topological polar surface area (TPSA) is 99.2 Å². The number of carbonyl (C=O) groups excluding carboxylic acids is 2. The number of fused-ring (bicyclic) bond motifs is 2. The van der Waals surface area contributed by atoms with E-state index < -0.39 is 28.4 Å². The van der Waals surface area contributed by atoms with E-state index in [1.54, 1.807) is 18.2 Å². The highest BCUT2D eigenvalue weighted by Gasteiger charge is 2.25. The number of rotatable bonds is 5. The minimum absolute atomic E-state index is 0.154. The van der Waals surface area contributed by atoms with Gasteiger partial charge >= 0.3 is 5.97 Å². The smallest absolute Gasteiger partial charge is 0.338 e. The summed E-state index contributed by atoms with van der Waals surface area (Å²) in [5.41, 5.74) is 1.85. The van der Waals surface area contributed by atoms with Crippen LogP contribution in [0, 0.1) is 0 Å². The van der Waals surface area contributed by atoms with Crippen LogP contribution in [-0.2, 0) is 21.2 Å². The Hall–Kier alpha value is -2.78. The minimum Gasteiger partial charge on any atom is -0.489 e. The normalized spacial score (nSPS) is 15.5. The van der Waals surface area contributed by atoms with Crippen LogP contribution in [0.2, 0.25) is 5.02 Å². The first kappa shape index (κ1) is 22.4. The summed E-state index contributed by atoms with van der Waals surface area (Å²) in [6.07, 6.45) is 3.18. The summed E-state index contributed by atoms with van der Waals surface area (Å²) in [6.45, 7) is 0.859. The number of halogens is 1. The summed E-state index contributed by atoms with van der Waals surface area (Å²) < 4.78 is 41.6. The fraction of sp³-hybridized carbons (Fsp3) is 0.364. The van der Waals surface area contributed by atoms with Gasteiger partial charge in [-0.05, 0) is 48.7 Å². The molecule has 4 rings (SSSR count). The number of hydrogen-bond donors (Lipinski definition) is 0. The Morgan fingerprint density at radius 3 is 2.66 bits per heavy atom. The van der Waals surface area contributed by atoms with Crippen molar-refractivity contribution >= 4 is 39.1 Å². The standard InChI is InChI=1S/C22H22ClNO7S/c1-32(27,28)24-7-2-4-14-10-15(5-6-18(14)24)19(25)13-31-22(26)16-11-17(23)21-20(12-16)29-8-3-9-30-21/h5-6,10-12H,2-4,7-9,13H2,1H3. The lowest BCUT2D eigenvalue weighted by Crippen LogP contribution is -2.34. The van der Waals surface area contributed by atoms with Crippen LogP contribution < -0.4 is 13.8 Å². The van der Waals surface area contributed by atoms with E-state index in [1.165, 1.54) is 16.4 Å². The third kappa shape index (κ3) is 4.68. The molecule has 10 heteroatoms. The van der Waals surface area contributed by atoms with Crippen molar-refractivity contribution in [2.45, 2.75) is 19.3 Å². The second-order valence-electron chi connectivity index (χ2n) is 7.62. The van der Waals surface area contributed by atoms with Gasteiger partial charge in [0.2, 0.25) is 10.0 Å². The quantitative estimate of drug-likeness (QED) is 0.479. The van der Waals surface area contributed by atoms with E-state index in [2.05, 4.69) is 0 Å². The van der Waals surface area contributed by atoms with Crippen LogP contribution in [0.1, 0.15) is 39.1 Å². The van der Waals surface area contributed by atoms with Gasteiger partial charge in [-0.1, -0.05) is 11.6 Å². The van der Waals surface area contributed by atoms with Gasteiger partial charge in [0.05, 0.1) is 35.7 Å². The van der Waals surface area contributed by atoms with Crippen molar-refractivity contribution in [2.75, 3.05) is 36.9 Å². The third-order valence-corrected chi connectivity index (χ3v) is 6.71. The molecule has 0 atom stereocenters. The van der Waals surface area contributed by atoms with Crippen LogP contribution >= 0.6 is 11.6 Å². The lowest BCUT2D eigenvalue weighted by Gasteiger charge is -2.29. The molecule has 2 aromatic rings. The van der Waals surface area contributed by atoms with E-state index in [4.69, 9.17) is 25.8 Å². The molecule has 0 saturated heterocycles. The Morgan fingerprint density at radius 2 is 1.88 bits per heavy atom. The maximum absolute atomic E-state index is 12.6. The van der Waals surface area contributed by atoms with Gasteiger partial charge < -0.3 is 14.2 Å². The molecule has 170 valence electrons. The number of ketones is 1. The average Bonchev–Trinajstić information content (AvgIpc) is 3.01. The second kappa shape index (κ2) is 8.99. The second-order valence-corrected chi connectivity index (χ2v) is 9.93. The van der Waals surface area contributed by atoms with Gasteiger partial charge in [-0.15, -0.1) is 0 Å². The van der Waals surface area contributed by atoms with Crippen molar-refractivity contribution in [3.63, 3.8) is 0 Å². The highest BCUT2D eigenvalue weighted by atomic mass is 35.5. The molecule has 8 nitrogen and oxygen atoms in total. The molecule has 0 bridgehead atoms. The number of nitrogens with zero attached hydrogens (tertiary/aromatic N) is 1. The summed E-state index contributed by atoms with van der Waals surface area (Å²) >= 11 is 6.21. The molecule has 0 N–H and O–H groups in total. The number of anilines is 1. The average molecular weight is 480 g/mol. The molecule has 0 unspecified atom stereocenters. The van der Waals surface area contributed by atoms with E-state index in [9.17, 15) is 18.0 Å². The largest absolute Gasteiger partial charge is 0.489 e. The lowest BCUT2D eigenvalue weighted by molar-refractivity contribution is 0.0474. The molecular formula is C22H22ClNO7S. The van der Waals surface area contributed by atoms with Crippen molar-refractivity contribution in [3.05, 3.63) is 52.0 Å². The first-order valence-corrected chi connectivity index (χ1v) is 12.4. The molecule has 2 aliphatic heterocycles. The molecule has 0 radical (unpaired) electrons. The van der Waals surface area contributed by atoms with Crippen molar-refractivity contribution in [1.82, 2.24) is 0 Å². The molecule has 0 amide bonds. The van der Waals surface area contributed by atoms with Crippen molar-refractivity contribution in [2.24, 2.45) is 0 Å². The van der Waals surface area contributed by atoms with Crippen LogP contribution in [0.15, 0.2) is 30.3 Å². The minimum atomic E-state index is -3.39. The van der Waals surface area contributed by atoms with Gasteiger partial charge in [0.15, 0.2) is 23.9 Å². The van der Waals surface area contributed by atoms with Crippen LogP contribution in [0.5, 0.6) is 11.5 Å². The Bertz CT molecular complexity index is 1180. The van der Waals surface area contributed by atoms with Gasteiger partial charge in [0, 0.05) is 18.5 Å². The number of carbonyl (C=O) groups is 2. The monoisotopic (exact) mass is 479 g/mol. The van der Waals surface area contributed by atoms with Crippen molar-refractivity contribution in [3.8, 4) is 11.5 Å². The number of ether oxygens (including phenoxy) is 3. The van der Waals surface area contributed by atoms with Gasteiger partial charge in [0.25, 0.3) is 0 Å². The van der Waals surface area contributed by atoms with E-state index >= 15 is 0 Å². The van der Waals surface area contributed by atoms with E-state index in [0.29, 0.717) is 61.8 Å². The predicted molar refractivity (Wildman–Crippen MR) is 119 cm³/mol. The maximum atomic E-state index is 12.6. The maximum Gasteiger partial charge on any atom is 0.338 e. The zero-order valence-electron chi connectivity index (χ0n) is 17.4. The highest BCUT2D eigenvalue weighted by Crippen LogP contribution is 2.38. The SMILES string of the molecule is CS(=O)(=O)N1CCCc2cc(C(=O)COC(=O)c3cc(Cl)c4c(c3)OCCCO4)ccc21. The first-order chi connectivity index (χ1) is 15.2. The zero-order valence-corrected chi connectivity index (χ0v) is 19.0. The number of benzene rings is 2. The molecule has 0 spiro atoms. The number of hydrogen-bond acceptors (Lipinski definition) is 7. The van der Waals surface area contributed by atoms with Crippen LogP contribution in [-0.4, -0.2) is 52.8 Å². The number of Topliss-reactive ketones (excluding diaryl/α,β-unsaturated/α-hetero) is 1. The Balaban J connectivity index is 1.46. The van der Waals surface area contributed by atoms with Crippen LogP contribution in [0.3, 0.4) is 0 Å².